The Morgan fingerprint density at radius 3 is 3.12 bits per heavy atom. The molecule has 1 fully saturated rings. The highest BCUT2D eigenvalue weighted by molar-refractivity contribution is 6.18. The van der Waals surface area contributed by atoms with Crippen LogP contribution in [-0.2, 0) is 11.3 Å². The monoisotopic (exact) mass is 240 g/mol. The Hall–Kier alpha value is -0.640. The van der Waals surface area contributed by atoms with Crippen LogP contribution in [0.15, 0.2) is 24.4 Å². The number of hydrogen-bond acceptors (Lipinski definition) is 3. The largest absolute Gasteiger partial charge is 0.374 e. The Labute approximate surface area is 101 Å². The van der Waals surface area contributed by atoms with Crippen LogP contribution in [0.5, 0.6) is 0 Å². The van der Waals surface area contributed by atoms with Crippen LogP contribution in [0.1, 0.15) is 12.6 Å². The first-order chi connectivity index (χ1) is 7.79. The maximum Gasteiger partial charge on any atom is 0.0838 e. The third-order valence-electron chi connectivity index (χ3n) is 2.90. The molecule has 2 atom stereocenters. The first kappa shape index (κ1) is 11.8. The van der Waals surface area contributed by atoms with E-state index < -0.39 is 0 Å². The van der Waals surface area contributed by atoms with E-state index in [0.29, 0.717) is 11.9 Å². The first-order valence-electron chi connectivity index (χ1n) is 5.61. The Morgan fingerprint density at radius 1 is 1.56 bits per heavy atom. The fourth-order valence-corrected chi connectivity index (χ4v) is 2.08. The summed E-state index contributed by atoms with van der Waals surface area (Å²) in [6.07, 6.45) is 1.99. The Morgan fingerprint density at radius 2 is 2.44 bits per heavy atom. The molecule has 0 spiro atoms. The van der Waals surface area contributed by atoms with E-state index in [4.69, 9.17) is 16.3 Å². The Bertz CT molecular complexity index is 320. The van der Waals surface area contributed by atoms with Crippen LogP contribution in [0, 0.1) is 0 Å². The summed E-state index contributed by atoms with van der Waals surface area (Å²) >= 11 is 5.83. The van der Waals surface area contributed by atoms with Gasteiger partial charge in [0.2, 0.25) is 0 Å². The quantitative estimate of drug-likeness (QED) is 0.755. The van der Waals surface area contributed by atoms with Crippen molar-refractivity contribution >= 4 is 11.6 Å². The number of halogens is 1. The molecule has 3 nitrogen and oxygen atoms in total. The van der Waals surface area contributed by atoms with Gasteiger partial charge >= 0.3 is 0 Å². The van der Waals surface area contributed by atoms with Gasteiger partial charge in [-0.05, 0) is 19.1 Å². The van der Waals surface area contributed by atoms with Crippen LogP contribution in [0.4, 0.5) is 0 Å². The van der Waals surface area contributed by atoms with Crippen molar-refractivity contribution in [3.63, 3.8) is 0 Å². The fourth-order valence-electron chi connectivity index (χ4n) is 1.89. The maximum atomic E-state index is 5.83. The van der Waals surface area contributed by atoms with Crippen LogP contribution < -0.4 is 0 Å². The van der Waals surface area contributed by atoms with Gasteiger partial charge in [0.05, 0.1) is 18.4 Å². The average Bonchev–Trinajstić information content (AvgIpc) is 2.33. The molecule has 16 heavy (non-hydrogen) atoms. The van der Waals surface area contributed by atoms with Gasteiger partial charge in [-0.2, -0.15) is 0 Å². The molecule has 1 aromatic rings. The lowest BCUT2D eigenvalue weighted by Gasteiger charge is -2.37. The Kier molecular flexibility index (Phi) is 4.16. The molecule has 2 heterocycles. The third-order valence-corrected chi connectivity index (χ3v) is 3.24. The second-order valence-corrected chi connectivity index (χ2v) is 4.52. The summed E-state index contributed by atoms with van der Waals surface area (Å²) < 4.78 is 5.61. The summed E-state index contributed by atoms with van der Waals surface area (Å²) in [7, 11) is 0. The summed E-state index contributed by atoms with van der Waals surface area (Å²) in [5, 5.41) is 0. The zero-order valence-corrected chi connectivity index (χ0v) is 10.2. The van der Waals surface area contributed by atoms with E-state index in [1.165, 1.54) is 0 Å². The zero-order chi connectivity index (χ0) is 11.4. The molecule has 2 unspecified atom stereocenters. The van der Waals surface area contributed by atoms with Gasteiger partial charge in [-0.1, -0.05) is 6.07 Å². The number of nitrogens with zero attached hydrogens (tertiary/aromatic N) is 2. The van der Waals surface area contributed by atoms with Gasteiger partial charge < -0.3 is 4.74 Å². The topological polar surface area (TPSA) is 25.4 Å². The predicted octanol–water partition coefficient (Wildman–Crippen LogP) is 1.91. The number of ether oxygens (including phenoxy) is 1. The lowest BCUT2D eigenvalue weighted by molar-refractivity contribution is -0.0514. The van der Waals surface area contributed by atoms with Crippen LogP contribution in [0.25, 0.3) is 0 Å². The lowest BCUT2D eigenvalue weighted by atomic mass is 10.2. The van der Waals surface area contributed by atoms with E-state index in [0.717, 1.165) is 25.4 Å². The molecule has 0 saturated carbocycles. The van der Waals surface area contributed by atoms with Gasteiger partial charge in [0.1, 0.15) is 0 Å². The number of aromatic nitrogens is 1. The van der Waals surface area contributed by atoms with Crippen LogP contribution in [-0.4, -0.2) is 41.1 Å². The molecule has 0 N–H and O–H groups in total. The van der Waals surface area contributed by atoms with Crippen molar-refractivity contribution < 1.29 is 4.74 Å². The molecule has 1 aliphatic heterocycles. The summed E-state index contributed by atoms with van der Waals surface area (Å²) in [5.74, 6) is 0.561. The molecular weight excluding hydrogens is 224 g/mol. The van der Waals surface area contributed by atoms with Crippen molar-refractivity contribution in [3.05, 3.63) is 30.1 Å². The van der Waals surface area contributed by atoms with Crippen molar-refractivity contribution in [2.24, 2.45) is 0 Å². The molecule has 0 aromatic carbocycles. The normalized spacial score (nSPS) is 26.9. The average molecular weight is 241 g/mol. The highest BCUT2D eigenvalue weighted by atomic mass is 35.5. The third kappa shape index (κ3) is 2.94. The van der Waals surface area contributed by atoms with Crippen molar-refractivity contribution in [3.8, 4) is 0 Å². The fraction of sp³-hybridized carbons (Fsp3) is 0.583. The number of alkyl halides is 1. The molecule has 88 valence electrons. The molecule has 0 radical (unpaired) electrons. The molecule has 2 rings (SSSR count). The van der Waals surface area contributed by atoms with E-state index in [1.54, 1.807) is 0 Å². The van der Waals surface area contributed by atoms with Crippen LogP contribution >= 0.6 is 11.6 Å². The predicted molar refractivity (Wildman–Crippen MR) is 64.6 cm³/mol. The maximum absolute atomic E-state index is 5.83. The van der Waals surface area contributed by atoms with Crippen molar-refractivity contribution in [2.45, 2.75) is 25.6 Å². The molecule has 1 aromatic heterocycles. The van der Waals surface area contributed by atoms with Crippen molar-refractivity contribution in [1.82, 2.24) is 9.88 Å². The second-order valence-electron chi connectivity index (χ2n) is 4.21. The van der Waals surface area contributed by atoms with Gasteiger partial charge in [-0.15, -0.1) is 11.6 Å². The van der Waals surface area contributed by atoms with Crippen LogP contribution in [0.3, 0.4) is 0 Å². The van der Waals surface area contributed by atoms with E-state index >= 15 is 0 Å². The number of morpholine rings is 1. The smallest absolute Gasteiger partial charge is 0.0838 e. The van der Waals surface area contributed by atoms with E-state index in [9.17, 15) is 0 Å². The van der Waals surface area contributed by atoms with Crippen molar-refractivity contribution in [1.29, 1.82) is 0 Å². The summed E-state index contributed by atoms with van der Waals surface area (Å²) in [5.41, 5.74) is 1.10. The SMILES string of the molecule is CC1COC(CCl)CN1Cc1ccccn1. The summed E-state index contributed by atoms with van der Waals surface area (Å²) in [6, 6.07) is 6.44. The molecule has 1 saturated heterocycles. The number of rotatable bonds is 3. The summed E-state index contributed by atoms with van der Waals surface area (Å²) in [4.78, 5) is 6.72. The van der Waals surface area contributed by atoms with Crippen LogP contribution in [0.2, 0.25) is 0 Å². The molecule has 4 heteroatoms. The Balaban J connectivity index is 1.97. The minimum atomic E-state index is 0.154. The first-order valence-corrected chi connectivity index (χ1v) is 6.14. The van der Waals surface area contributed by atoms with E-state index in [-0.39, 0.29) is 6.10 Å². The minimum Gasteiger partial charge on any atom is -0.374 e. The molecule has 0 amide bonds. The van der Waals surface area contributed by atoms with Gasteiger partial charge in [-0.3, -0.25) is 9.88 Å². The lowest BCUT2D eigenvalue weighted by Crippen LogP contribution is -2.48. The number of hydrogen-bond donors (Lipinski definition) is 0. The van der Waals surface area contributed by atoms with E-state index in [2.05, 4.69) is 22.9 Å². The molecule has 0 bridgehead atoms. The second kappa shape index (κ2) is 5.62. The molecular formula is C12H17ClN2O. The van der Waals surface area contributed by atoms with Crippen molar-refractivity contribution in [2.75, 3.05) is 19.0 Å². The number of pyridine rings is 1. The van der Waals surface area contributed by atoms with Gasteiger partial charge in [0, 0.05) is 31.2 Å². The zero-order valence-electron chi connectivity index (χ0n) is 9.47. The molecule has 1 aliphatic rings. The van der Waals surface area contributed by atoms with Gasteiger partial charge in [-0.25, -0.2) is 0 Å². The standard InChI is InChI=1S/C12H17ClN2O/c1-10-9-16-12(6-13)8-15(10)7-11-4-2-3-5-14-11/h2-5,10,12H,6-9H2,1H3. The van der Waals surface area contributed by atoms with Gasteiger partial charge in [0.15, 0.2) is 0 Å². The van der Waals surface area contributed by atoms with Gasteiger partial charge in [0.25, 0.3) is 0 Å². The van der Waals surface area contributed by atoms with E-state index in [1.807, 2.05) is 18.3 Å². The highest BCUT2D eigenvalue weighted by Crippen LogP contribution is 2.15. The summed E-state index contributed by atoms with van der Waals surface area (Å²) in [6.45, 7) is 4.69. The molecule has 0 aliphatic carbocycles. The highest BCUT2D eigenvalue weighted by Gasteiger charge is 2.25. The minimum absolute atomic E-state index is 0.154.